The Morgan fingerprint density at radius 3 is 2.79 bits per heavy atom. The lowest BCUT2D eigenvalue weighted by Gasteiger charge is -2.05. The van der Waals surface area contributed by atoms with Crippen molar-refractivity contribution in [3.63, 3.8) is 0 Å². The summed E-state index contributed by atoms with van der Waals surface area (Å²) in [5.41, 5.74) is 2.19. The van der Waals surface area contributed by atoms with Crippen molar-refractivity contribution >= 4 is 22.4 Å². The van der Waals surface area contributed by atoms with Crippen LogP contribution in [0.2, 0.25) is 0 Å². The second-order valence-corrected chi connectivity index (χ2v) is 4.86. The highest BCUT2D eigenvalue weighted by atomic mass is 35.5. The number of fused-ring (bicyclic) bond motifs is 1. The van der Waals surface area contributed by atoms with E-state index in [-0.39, 0.29) is 0 Å². The number of benzene rings is 2. The minimum Gasteiger partial charge on any atom is -0.248 e. The normalized spacial score (nSPS) is 11.0. The minimum atomic E-state index is 0.576. The van der Waals surface area contributed by atoms with Gasteiger partial charge >= 0.3 is 0 Å². The highest BCUT2D eigenvalue weighted by Crippen LogP contribution is 2.19. The zero-order valence-corrected chi connectivity index (χ0v) is 11.2. The van der Waals surface area contributed by atoms with Gasteiger partial charge in [0.05, 0.1) is 12.2 Å². The van der Waals surface area contributed by atoms with Crippen molar-refractivity contribution in [2.75, 3.05) is 5.88 Å². The molecule has 96 valence electrons. The third-order valence-electron chi connectivity index (χ3n) is 3.15. The lowest BCUT2D eigenvalue weighted by Crippen LogP contribution is -2.01. The van der Waals surface area contributed by atoms with Crippen LogP contribution in [0.25, 0.3) is 10.8 Å². The average Bonchev–Trinajstić information content (AvgIpc) is 2.87. The predicted octanol–water partition coefficient (Wildman–Crippen LogP) is 3.26. The first-order valence-corrected chi connectivity index (χ1v) is 6.82. The molecule has 3 rings (SSSR count). The molecule has 0 amide bonds. The highest BCUT2D eigenvalue weighted by molar-refractivity contribution is 6.17. The monoisotopic (exact) mass is 271 g/mol. The SMILES string of the molecule is ClCCc1cn(Cc2cccc3ccccc23)nn1. The lowest BCUT2D eigenvalue weighted by atomic mass is 10.0. The maximum Gasteiger partial charge on any atom is 0.0839 e. The van der Waals surface area contributed by atoms with Gasteiger partial charge in [0, 0.05) is 18.5 Å². The Labute approximate surface area is 116 Å². The third-order valence-corrected chi connectivity index (χ3v) is 3.34. The molecule has 0 radical (unpaired) electrons. The molecule has 0 aliphatic rings. The number of rotatable bonds is 4. The molecule has 4 heteroatoms. The number of aryl methyl sites for hydroxylation is 1. The Morgan fingerprint density at radius 2 is 1.89 bits per heavy atom. The number of hydrogen-bond acceptors (Lipinski definition) is 2. The van der Waals surface area contributed by atoms with Gasteiger partial charge in [-0.1, -0.05) is 47.7 Å². The first-order valence-electron chi connectivity index (χ1n) is 6.28. The number of nitrogens with zero attached hydrogens (tertiary/aromatic N) is 3. The van der Waals surface area contributed by atoms with Crippen molar-refractivity contribution in [2.45, 2.75) is 13.0 Å². The zero-order chi connectivity index (χ0) is 13.1. The van der Waals surface area contributed by atoms with Crippen LogP contribution in [0.1, 0.15) is 11.3 Å². The fourth-order valence-electron chi connectivity index (χ4n) is 2.23. The maximum absolute atomic E-state index is 5.71. The Morgan fingerprint density at radius 1 is 1.05 bits per heavy atom. The van der Waals surface area contributed by atoms with E-state index in [4.69, 9.17) is 11.6 Å². The quantitative estimate of drug-likeness (QED) is 0.682. The summed E-state index contributed by atoms with van der Waals surface area (Å²) < 4.78 is 1.86. The zero-order valence-electron chi connectivity index (χ0n) is 10.5. The van der Waals surface area contributed by atoms with Crippen LogP contribution >= 0.6 is 11.6 Å². The third kappa shape index (κ3) is 2.61. The molecular formula is C15H14ClN3. The summed E-state index contributed by atoms with van der Waals surface area (Å²) in [6, 6.07) is 14.7. The molecule has 0 atom stereocenters. The molecule has 3 aromatic rings. The Hall–Kier alpha value is -1.87. The molecule has 0 spiro atoms. The van der Waals surface area contributed by atoms with Crippen molar-refractivity contribution in [3.05, 3.63) is 59.9 Å². The first-order chi connectivity index (χ1) is 9.36. The van der Waals surface area contributed by atoms with E-state index in [9.17, 15) is 0 Å². The highest BCUT2D eigenvalue weighted by Gasteiger charge is 2.04. The summed E-state index contributed by atoms with van der Waals surface area (Å²) in [4.78, 5) is 0. The summed E-state index contributed by atoms with van der Waals surface area (Å²) in [6.07, 6.45) is 2.72. The molecule has 0 fully saturated rings. The van der Waals surface area contributed by atoms with E-state index in [0.717, 1.165) is 18.7 Å². The molecule has 0 aliphatic heterocycles. The Kier molecular flexibility index (Phi) is 3.47. The molecule has 0 bridgehead atoms. The molecule has 1 heterocycles. The van der Waals surface area contributed by atoms with Gasteiger partial charge in [-0.25, -0.2) is 4.68 Å². The number of hydrogen-bond donors (Lipinski definition) is 0. The van der Waals surface area contributed by atoms with Crippen LogP contribution in [0.4, 0.5) is 0 Å². The van der Waals surface area contributed by atoms with Gasteiger partial charge in [-0.05, 0) is 16.3 Å². The van der Waals surface area contributed by atoms with E-state index >= 15 is 0 Å². The van der Waals surface area contributed by atoms with E-state index in [1.54, 1.807) is 0 Å². The standard InChI is InChI=1S/C15H14ClN3/c16-9-8-14-11-19(18-17-14)10-13-6-3-5-12-4-1-2-7-15(12)13/h1-7,11H,8-10H2. The molecule has 1 aromatic heterocycles. The van der Waals surface area contributed by atoms with E-state index in [2.05, 4.69) is 52.8 Å². The van der Waals surface area contributed by atoms with Gasteiger partial charge in [0.25, 0.3) is 0 Å². The molecule has 0 aliphatic carbocycles. The van der Waals surface area contributed by atoms with E-state index in [1.165, 1.54) is 16.3 Å². The van der Waals surface area contributed by atoms with Crippen molar-refractivity contribution in [1.29, 1.82) is 0 Å². The Bertz CT molecular complexity index is 685. The summed E-state index contributed by atoms with van der Waals surface area (Å²) in [5, 5.41) is 10.8. The number of aromatic nitrogens is 3. The number of halogens is 1. The molecule has 0 unspecified atom stereocenters. The van der Waals surface area contributed by atoms with Crippen molar-refractivity contribution in [3.8, 4) is 0 Å². The van der Waals surface area contributed by atoms with Crippen LogP contribution < -0.4 is 0 Å². The molecule has 0 saturated carbocycles. The van der Waals surface area contributed by atoms with Crippen LogP contribution in [0.15, 0.2) is 48.7 Å². The van der Waals surface area contributed by atoms with Crippen LogP contribution in [0, 0.1) is 0 Å². The molecule has 2 aromatic carbocycles. The van der Waals surface area contributed by atoms with Gasteiger partial charge in [-0.2, -0.15) is 0 Å². The topological polar surface area (TPSA) is 30.7 Å². The van der Waals surface area contributed by atoms with Crippen molar-refractivity contribution < 1.29 is 0 Å². The van der Waals surface area contributed by atoms with Crippen LogP contribution in [0.5, 0.6) is 0 Å². The van der Waals surface area contributed by atoms with Gasteiger partial charge in [0.15, 0.2) is 0 Å². The smallest absolute Gasteiger partial charge is 0.0839 e. The summed E-state index contributed by atoms with van der Waals surface area (Å²) in [5.74, 6) is 0.576. The fraction of sp³-hybridized carbons (Fsp3) is 0.200. The summed E-state index contributed by atoms with van der Waals surface area (Å²) in [6.45, 7) is 0.733. The average molecular weight is 272 g/mol. The predicted molar refractivity (Wildman–Crippen MR) is 77.5 cm³/mol. The molecule has 3 nitrogen and oxygen atoms in total. The Balaban J connectivity index is 1.92. The fourth-order valence-corrected chi connectivity index (χ4v) is 2.43. The van der Waals surface area contributed by atoms with Crippen molar-refractivity contribution in [1.82, 2.24) is 15.0 Å². The van der Waals surface area contributed by atoms with Crippen LogP contribution in [-0.4, -0.2) is 20.9 Å². The lowest BCUT2D eigenvalue weighted by molar-refractivity contribution is 0.652. The van der Waals surface area contributed by atoms with Gasteiger partial charge < -0.3 is 0 Å². The summed E-state index contributed by atoms with van der Waals surface area (Å²) in [7, 11) is 0. The first kappa shape index (κ1) is 12.2. The second kappa shape index (κ2) is 5.41. The molecule has 0 saturated heterocycles. The van der Waals surface area contributed by atoms with E-state index in [0.29, 0.717) is 5.88 Å². The number of alkyl halides is 1. The van der Waals surface area contributed by atoms with Gasteiger partial charge in [-0.3, -0.25) is 0 Å². The van der Waals surface area contributed by atoms with E-state index < -0.39 is 0 Å². The van der Waals surface area contributed by atoms with Gasteiger partial charge in [-0.15, -0.1) is 16.7 Å². The van der Waals surface area contributed by atoms with Crippen LogP contribution in [-0.2, 0) is 13.0 Å². The minimum absolute atomic E-state index is 0.576. The molecule has 0 N–H and O–H groups in total. The van der Waals surface area contributed by atoms with Crippen LogP contribution in [0.3, 0.4) is 0 Å². The van der Waals surface area contributed by atoms with Gasteiger partial charge in [0.1, 0.15) is 0 Å². The van der Waals surface area contributed by atoms with Crippen molar-refractivity contribution in [2.24, 2.45) is 0 Å². The summed E-state index contributed by atoms with van der Waals surface area (Å²) >= 11 is 5.71. The molecule has 19 heavy (non-hydrogen) atoms. The maximum atomic E-state index is 5.71. The van der Waals surface area contributed by atoms with Gasteiger partial charge in [0.2, 0.25) is 0 Å². The van der Waals surface area contributed by atoms with E-state index in [1.807, 2.05) is 10.9 Å². The molecular weight excluding hydrogens is 258 g/mol. The largest absolute Gasteiger partial charge is 0.248 e. The second-order valence-electron chi connectivity index (χ2n) is 4.48.